The van der Waals surface area contributed by atoms with E-state index >= 15 is 0 Å². The number of amides is 2. The lowest BCUT2D eigenvalue weighted by atomic mass is 10.1. The second-order valence-corrected chi connectivity index (χ2v) is 9.31. The van der Waals surface area contributed by atoms with Gasteiger partial charge in [-0.15, -0.1) is 0 Å². The summed E-state index contributed by atoms with van der Waals surface area (Å²) in [6.45, 7) is 5.07. The monoisotopic (exact) mass is 399 g/mol. The predicted octanol–water partition coefficient (Wildman–Crippen LogP) is 1.50. The van der Waals surface area contributed by atoms with Crippen LogP contribution in [-0.4, -0.2) is 56.1 Å². The SMILES string of the molecule is CC(=O)N1CCC(NC(=O)CN(c2ccccc2F)S(=O)(=O)C(C)C)CC1. The van der Waals surface area contributed by atoms with E-state index in [1.807, 2.05) is 0 Å². The van der Waals surface area contributed by atoms with Crippen molar-refractivity contribution in [1.29, 1.82) is 0 Å². The molecule has 1 aliphatic heterocycles. The van der Waals surface area contributed by atoms with Gasteiger partial charge in [0.25, 0.3) is 0 Å². The number of nitrogens with one attached hydrogen (secondary N) is 1. The van der Waals surface area contributed by atoms with E-state index < -0.39 is 33.5 Å². The number of carbonyl (C=O) groups is 2. The van der Waals surface area contributed by atoms with Gasteiger partial charge in [0.2, 0.25) is 21.8 Å². The summed E-state index contributed by atoms with van der Waals surface area (Å²) < 4.78 is 40.3. The number of piperidine rings is 1. The van der Waals surface area contributed by atoms with Gasteiger partial charge in [0, 0.05) is 26.1 Å². The fraction of sp³-hybridized carbons (Fsp3) is 0.556. The van der Waals surface area contributed by atoms with Crippen molar-refractivity contribution in [3.05, 3.63) is 30.1 Å². The van der Waals surface area contributed by atoms with Crippen molar-refractivity contribution >= 4 is 27.5 Å². The van der Waals surface area contributed by atoms with Crippen LogP contribution in [0.1, 0.15) is 33.6 Å². The average molecular weight is 399 g/mol. The van der Waals surface area contributed by atoms with Crippen molar-refractivity contribution in [3.8, 4) is 0 Å². The Kier molecular flexibility index (Phi) is 6.80. The van der Waals surface area contributed by atoms with Crippen LogP contribution in [0.5, 0.6) is 0 Å². The van der Waals surface area contributed by atoms with Gasteiger partial charge in [0.15, 0.2) is 0 Å². The lowest BCUT2D eigenvalue weighted by Crippen LogP contribution is -2.50. The van der Waals surface area contributed by atoms with Crippen molar-refractivity contribution in [1.82, 2.24) is 10.2 Å². The van der Waals surface area contributed by atoms with Crippen LogP contribution in [0.3, 0.4) is 0 Å². The first kappa shape index (κ1) is 21.1. The lowest BCUT2D eigenvalue weighted by molar-refractivity contribution is -0.130. The Morgan fingerprint density at radius 2 is 1.85 bits per heavy atom. The number of rotatable bonds is 6. The Morgan fingerprint density at radius 1 is 1.26 bits per heavy atom. The topological polar surface area (TPSA) is 86.8 Å². The Balaban J connectivity index is 2.11. The van der Waals surface area contributed by atoms with Crippen LogP contribution in [-0.2, 0) is 19.6 Å². The molecule has 9 heteroatoms. The summed E-state index contributed by atoms with van der Waals surface area (Å²) in [5.41, 5.74) is -0.146. The molecule has 0 spiro atoms. The molecule has 2 rings (SSSR count). The molecule has 1 saturated heterocycles. The molecule has 0 bridgehead atoms. The highest BCUT2D eigenvalue weighted by atomic mass is 32.2. The molecule has 1 aromatic rings. The van der Waals surface area contributed by atoms with Gasteiger partial charge < -0.3 is 10.2 Å². The molecule has 0 radical (unpaired) electrons. The Labute approximate surface area is 159 Å². The first-order valence-electron chi connectivity index (χ1n) is 8.94. The van der Waals surface area contributed by atoms with E-state index in [2.05, 4.69) is 5.32 Å². The van der Waals surface area contributed by atoms with Crippen molar-refractivity contribution in [3.63, 3.8) is 0 Å². The van der Waals surface area contributed by atoms with Gasteiger partial charge in [-0.05, 0) is 38.8 Å². The maximum Gasteiger partial charge on any atom is 0.241 e. The average Bonchev–Trinajstić information content (AvgIpc) is 2.60. The zero-order valence-corrected chi connectivity index (χ0v) is 16.6. The van der Waals surface area contributed by atoms with E-state index in [1.165, 1.54) is 39.0 Å². The number of anilines is 1. The molecule has 1 heterocycles. The molecule has 1 fully saturated rings. The molecule has 27 heavy (non-hydrogen) atoms. The number of carbonyl (C=O) groups excluding carboxylic acids is 2. The molecule has 0 aromatic heterocycles. The summed E-state index contributed by atoms with van der Waals surface area (Å²) >= 11 is 0. The molecule has 0 atom stereocenters. The van der Waals surface area contributed by atoms with Gasteiger partial charge in [0.1, 0.15) is 12.4 Å². The van der Waals surface area contributed by atoms with Crippen LogP contribution in [0.15, 0.2) is 24.3 Å². The molecule has 0 unspecified atom stereocenters. The molecule has 1 N–H and O–H groups in total. The number of hydrogen-bond acceptors (Lipinski definition) is 4. The van der Waals surface area contributed by atoms with Crippen molar-refractivity contribution < 1.29 is 22.4 Å². The minimum atomic E-state index is -3.89. The fourth-order valence-corrected chi connectivity index (χ4v) is 4.19. The minimum Gasteiger partial charge on any atom is -0.352 e. The molecule has 7 nitrogen and oxygen atoms in total. The third-order valence-corrected chi connectivity index (χ3v) is 6.75. The summed E-state index contributed by atoms with van der Waals surface area (Å²) in [6.07, 6.45) is 1.20. The van der Waals surface area contributed by atoms with Crippen LogP contribution in [0.2, 0.25) is 0 Å². The Bertz CT molecular complexity index is 790. The van der Waals surface area contributed by atoms with Crippen molar-refractivity contribution in [2.24, 2.45) is 0 Å². The van der Waals surface area contributed by atoms with Gasteiger partial charge in [0.05, 0.1) is 10.9 Å². The summed E-state index contributed by atoms with van der Waals surface area (Å²) in [4.78, 5) is 25.5. The number of hydrogen-bond donors (Lipinski definition) is 1. The van der Waals surface area contributed by atoms with Gasteiger partial charge in [-0.25, -0.2) is 12.8 Å². The number of sulfonamides is 1. The van der Waals surface area contributed by atoms with Gasteiger partial charge in [-0.2, -0.15) is 0 Å². The smallest absolute Gasteiger partial charge is 0.241 e. The van der Waals surface area contributed by atoms with E-state index in [1.54, 1.807) is 4.90 Å². The zero-order valence-electron chi connectivity index (χ0n) is 15.8. The van der Waals surface area contributed by atoms with Crippen LogP contribution in [0.25, 0.3) is 0 Å². The number of benzene rings is 1. The first-order chi connectivity index (χ1) is 12.6. The second kappa shape index (κ2) is 8.69. The summed E-state index contributed by atoms with van der Waals surface area (Å²) in [6, 6.07) is 5.34. The molecule has 150 valence electrons. The predicted molar refractivity (Wildman–Crippen MR) is 101 cm³/mol. The summed E-state index contributed by atoms with van der Waals surface area (Å²) in [5.74, 6) is -1.21. The normalized spacial score (nSPS) is 15.7. The number of nitrogens with zero attached hydrogens (tertiary/aromatic N) is 2. The van der Waals surface area contributed by atoms with Gasteiger partial charge in [-0.1, -0.05) is 12.1 Å². The summed E-state index contributed by atoms with van der Waals surface area (Å²) in [5, 5.41) is 2.00. The van der Waals surface area contributed by atoms with E-state index in [-0.39, 0.29) is 17.6 Å². The number of para-hydroxylation sites is 1. The summed E-state index contributed by atoms with van der Waals surface area (Å²) in [7, 11) is -3.89. The van der Waals surface area contributed by atoms with Crippen LogP contribution >= 0.6 is 0 Å². The van der Waals surface area contributed by atoms with Crippen molar-refractivity contribution in [2.75, 3.05) is 23.9 Å². The standard InChI is InChI=1S/C18H26FN3O4S/c1-13(2)27(25,26)22(17-7-5-4-6-16(17)19)12-18(24)20-15-8-10-21(11-9-15)14(3)23/h4-7,13,15H,8-12H2,1-3H3,(H,20,24). The Hall–Kier alpha value is -2.16. The maximum absolute atomic E-state index is 14.2. The quantitative estimate of drug-likeness (QED) is 0.785. The van der Waals surface area contributed by atoms with E-state index in [0.29, 0.717) is 25.9 Å². The van der Waals surface area contributed by atoms with E-state index in [4.69, 9.17) is 0 Å². The molecule has 2 amide bonds. The first-order valence-corrected chi connectivity index (χ1v) is 10.4. The highest BCUT2D eigenvalue weighted by Gasteiger charge is 2.31. The second-order valence-electron chi connectivity index (χ2n) is 6.90. The third kappa shape index (κ3) is 5.18. The van der Waals surface area contributed by atoms with Gasteiger partial charge >= 0.3 is 0 Å². The highest BCUT2D eigenvalue weighted by Crippen LogP contribution is 2.24. The highest BCUT2D eigenvalue weighted by molar-refractivity contribution is 7.93. The molecular weight excluding hydrogens is 373 g/mol. The minimum absolute atomic E-state index is 0.00599. The van der Waals surface area contributed by atoms with Crippen LogP contribution < -0.4 is 9.62 Å². The zero-order chi connectivity index (χ0) is 20.2. The van der Waals surface area contributed by atoms with Crippen LogP contribution in [0.4, 0.5) is 10.1 Å². The maximum atomic E-state index is 14.2. The van der Waals surface area contributed by atoms with Crippen molar-refractivity contribution in [2.45, 2.75) is 44.9 Å². The third-order valence-electron chi connectivity index (χ3n) is 4.62. The molecular formula is C18H26FN3O4S. The Morgan fingerprint density at radius 3 is 2.37 bits per heavy atom. The van der Waals surface area contributed by atoms with E-state index in [0.717, 1.165) is 10.4 Å². The van der Waals surface area contributed by atoms with Gasteiger partial charge in [-0.3, -0.25) is 13.9 Å². The number of halogens is 1. The fourth-order valence-electron chi connectivity index (χ4n) is 2.96. The van der Waals surface area contributed by atoms with Crippen LogP contribution in [0, 0.1) is 5.82 Å². The lowest BCUT2D eigenvalue weighted by Gasteiger charge is -2.32. The molecule has 0 aliphatic carbocycles. The molecule has 1 aliphatic rings. The molecule has 0 saturated carbocycles. The van der Waals surface area contributed by atoms with E-state index in [9.17, 15) is 22.4 Å². The largest absolute Gasteiger partial charge is 0.352 e. The molecule has 1 aromatic carbocycles. The number of likely N-dealkylation sites (tertiary alicyclic amines) is 1.